The third kappa shape index (κ3) is 2.51. The Morgan fingerprint density at radius 2 is 2.31 bits per heavy atom. The largest absolute Gasteiger partial charge is 0.387 e. The van der Waals surface area contributed by atoms with E-state index in [4.69, 9.17) is 0 Å². The van der Waals surface area contributed by atoms with Gasteiger partial charge in [-0.3, -0.25) is 4.79 Å². The van der Waals surface area contributed by atoms with Gasteiger partial charge in [-0.25, -0.2) is 4.98 Å². The molecule has 1 N–H and O–H groups in total. The Kier molecular flexibility index (Phi) is 3.08. The first-order valence-corrected chi connectivity index (χ1v) is 5.60. The monoisotopic (exact) mass is 219 g/mol. The number of nitrogens with zero attached hydrogens (tertiary/aromatic N) is 2. The summed E-state index contributed by atoms with van der Waals surface area (Å²) >= 11 is 0. The van der Waals surface area contributed by atoms with Gasteiger partial charge in [-0.1, -0.05) is 0 Å². The Morgan fingerprint density at radius 3 is 2.81 bits per heavy atom. The summed E-state index contributed by atoms with van der Waals surface area (Å²) in [7, 11) is 3.67. The van der Waals surface area contributed by atoms with E-state index in [-0.39, 0.29) is 5.91 Å². The molecule has 1 aliphatic carbocycles. The Morgan fingerprint density at radius 1 is 1.56 bits per heavy atom. The van der Waals surface area contributed by atoms with E-state index < -0.39 is 0 Å². The van der Waals surface area contributed by atoms with Crippen molar-refractivity contribution in [1.82, 2.24) is 9.88 Å². The van der Waals surface area contributed by atoms with Crippen LogP contribution in [0.1, 0.15) is 23.3 Å². The van der Waals surface area contributed by atoms with Gasteiger partial charge in [0.2, 0.25) is 0 Å². The number of rotatable bonds is 4. The smallest absolute Gasteiger partial charge is 0.272 e. The van der Waals surface area contributed by atoms with Crippen molar-refractivity contribution >= 4 is 11.6 Å². The van der Waals surface area contributed by atoms with Crippen LogP contribution in [0.15, 0.2) is 18.3 Å². The molecular formula is C12H17N3O. The van der Waals surface area contributed by atoms with Crippen LogP contribution in [0, 0.1) is 5.92 Å². The van der Waals surface area contributed by atoms with Gasteiger partial charge in [-0.2, -0.15) is 0 Å². The van der Waals surface area contributed by atoms with Crippen LogP contribution in [0.25, 0.3) is 0 Å². The number of aromatic nitrogens is 1. The van der Waals surface area contributed by atoms with Crippen molar-refractivity contribution in [1.29, 1.82) is 0 Å². The van der Waals surface area contributed by atoms with Crippen molar-refractivity contribution in [2.75, 3.05) is 26.0 Å². The van der Waals surface area contributed by atoms with Gasteiger partial charge >= 0.3 is 0 Å². The minimum Gasteiger partial charge on any atom is -0.387 e. The molecule has 4 heteroatoms. The normalized spacial score (nSPS) is 14.6. The lowest BCUT2D eigenvalue weighted by atomic mass is 10.3. The van der Waals surface area contributed by atoms with E-state index in [1.807, 2.05) is 20.2 Å². The van der Waals surface area contributed by atoms with Crippen molar-refractivity contribution in [3.8, 4) is 0 Å². The maximum Gasteiger partial charge on any atom is 0.272 e. The number of carbonyl (C=O) groups is 1. The van der Waals surface area contributed by atoms with Gasteiger partial charge in [-0.05, 0) is 30.9 Å². The molecule has 1 aromatic heterocycles. The Hall–Kier alpha value is -1.58. The molecule has 0 atom stereocenters. The zero-order valence-corrected chi connectivity index (χ0v) is 9.73. The summed E-state index contributed by atoms with van der Waals surface area (Å²) < 4.78 is 0. The summed E-state index contributed by atoms with van der Waals surface area (Å²) in [6, 6.07) is 3.63. The minimum absolute atomic E-state index is 0.00885. The average molecular weight is 219 g/mol. The maximum absolute atomic E-state index is 12.0. The predicted molar refractivity (Wildman–Crippen MR) is 63.5 cm³/mol. The summed E-state index contributed by atoms with van der Waals surface area (Å²) in [4.78, 5) is 17.9. The van der Waals surface area contributed by atoms with E-state index in [1.54, 1.807) is 17.2 Å². The quantitative estimate of drug-likeness (QED) is 0.836. The molecule has 4 nitrogen and oxygen atoms in total. The topological polar surface area (TPSA) is 45.2 Å². The fraction of sp³-hybridized carbons (Fsp3) is 0.500. The zero-order chi connectivity index (χ0) is 11.5. The molecular weight excluding hydrogens is 202 g/mol. The van der Waals surface area contributed by atoms with E-state index in [0.717, 1.165) is 12.2 Å². The second kappa shape index (κ2) is 4.51. The highest BCUT2D eigenvalue weighted by molar-refractivity contribution is 5.92. The second-order valence-electron chi connectivity index (χ2n) is 4.31. The van der Waals surface area contributed by atoms with E-state index in [0.29, 0.717) is 11.6 Å². The first-order valence-electron chi connectivity index (χ1n) is 5.60. The molecule has 2 rings (SSSR count). The molecule has 1 aliphatic rings. The van der Waals surface area contributed by atoms with Gasteiger partial charge in [0.05, 0.1) is 11.9 Å². The fourth-order valence-corrected chi connectivity index (χ4v) is 1.63. The van der Waals surface area contributed by atoms with Crippen LogP contribution in [0.5, 0.6) is 0 Å². The van der Waals surface area contributed by atoms with Gasteiger partial charge in [-0.15, -0.1) is 0 Å². The van der Waals surface area contributed by atoms with Crippen LogP contribution in [0.2, 0.25) is 0 Å². The average Bonchev–Trinajstić information content (AvgIpc) is 3.12. The molecule has 1 fully saturated rings. The number of carbonyl (C=O) groups excluding carboxylic acids is 1. The van der Waals surface area contributed by atoms with E-state index in [9.17, 15) is 4.79 Å². The van der Waals surface area contributed by atoms with Crippen molar-refractivity contribution in [3.63, 3.8) is 0 Å². The molecule has 0 radical (unpaired) electrons. The molecule has 1 aromatic rings. The van der Waals surface area contributed by atoms with Crippen molar-refractivity contribution in [3.05, 3.63) is 24.0 Å². The summed E-state index contributed by atoms with van der Waals surface area (Å²) in [5.41, 5.74) is 1.43. The molecule has 86 valence electrons. The number of amides is 1. The third-order valence-electron chi connectivity index (χ3n) is 2.85. The van der Waals surface area contributed by atoms with Gasteiger partial charge in [0.1, 0.15) is 5.69 Å². The van der Waals surface area contributed by atoms with Crippen molar-refractivity contribution < 1.29 is 4.79 Å². The maximum atomic E-state index is 12.0. The van der Waals surface area contributed by atoms with Crippen molar-refractivity contribution in [2.45, 2.75) is 12.8 Å². The zero-order valence-electron chi connectivity index (χ0n) is 9.73. The Labute approximate surface area is 95.7 Å². The van der Waals surface area contributed by atoms with Crippen LogP contribution in [-0.2, 0) is 0 Å². The highest BCUT2D eigenvalue weighted by Crippen LogP contribution is 2.29. The lowest BCUT2D eigenvalue weighted by Crippen LogP contribution is -2.29. The molecule has 0 unspecified atom stereocenters. The summed E-state index contributed by atoms with van der Waals surface area (Å²) in [6.45, 7) is 0.855. The van der Waals surface area contributed by atoms with Gasteiger partial charge in [0.25, 0.3) is 5.91 Å². The lowest BCUT2D eigenvalue weighted by Gasteiger charge is -2.16. The van der Waals surface area contributed by atoms with Gasteiger partial charge in [0.15, 0.2) is 0 Å². The molecule has 16 heavy (non-hydrogen) atoms. The highest BCUT2D eigenvalue weighted by Gasteiger charge is 2.25. The standard InChI is InChI=1S/C12H17N3O/c1-13-10-5-6-11(14-7-10)12(16)15(2)8-9-3-4-9/h5-7,9,13H,3-4,8H2,1-2H3. The predicted octanol–water partition coefficient (Wildman–Crippen LogP) is 1.61. The Balaban J connectivity index is 2.00. The molecule has 0 aliphatic heterocycles. The number of hydrogen-bond acceptors (Lipinski definition) is 3. The van der Waals surface area contributed by atoms with Crippen molar-refractivity contribution in [2.24, 2.45) is 5.92 Å². The lowest BCUT2D eigenvalue weighted by molar-refractivity contribution is 0.0783. The van der Waals surface area contributed by atoms with Crippen LogP contribution in [0.3, 0.4) is 0 Å². The van der Waals surface area contributed by atoms with E-state index in [2.05, 4.69) is 10.3 Å². The highest BCUT2D eigenvalue weighted by atomic mass is 16.2. The summed E-state index contributed by atoms with van der Waals surface area (Å²) in [6.07, 6.45) is 4.19. The summed E-state index contributed by atoms with van der Waals surface area (Å²) in [5.74, 6) is 0.722. The molecule has 1 saturated carbocycles. The molecule has 0 saturated heterocycles. The molecule has 1 heterocycles. The number of nitrogens with one attached hydrogen (secondary N) is 1. The van der Waals surface area contributed by atoms with Gasteiger partial charge in [0, 0.05) is 20.6 Å². The van der Waals surface area contributed by atoms with E-state index in [1.165, 1.54) is 12.8 Å². The molecule has 0 spiro atoms. The number of pyridine rings is 1. The SMILES string of the molecule is CNc1ccc(C(=O)N(C)CC2CC2)nc1. The van der Waals surface area contributed by atoms with Crippen LogP contribution in [-0.4, -0.2) is 36.4 Å². The summed E-state index contributed by atoms with van der Waals surface area (Å²) in [5, 5.41) is 2.98. The fourth-order valence-electron chi connectivity index (χ4n) is 1.63. The molecule has 0 aromatic carbocycles. The van der Waals surface area contributed by atoms with Crippen LogP contribution < -0.4 is 5.32 Å². The second-order valence-corrected chi connectivity index (χ2v) is 4.31. The van der Waals surface area contributed by atoms with E-state index >= 15 is 0 Å². The first kappa shape index (κ1) is 10.9. The minimum atomic E-state index is 0.00885. The van der Waals surface area contributed by atoms with Gasteiger partial charge < -0.3 is 10.2 Å². The first-order chi connectivity index (χ1) is 7.70. The molecule has 0 bridgehead atoms. The number of anilines is 1. The number of hydrogen-bond donors (Lipinski definition) is 1. The third-order valence-corrected chi connectivity index (χ3v) is 2.85. The Bertz CT molecular complexity index is 370. The molecule has 1 amide bonds. The van der Waals surface area contributed by atoms with Crippen LogP contribution in [0.4, 0.5) is 5.69 Å². The van der Waals surface area contributed by atoms with Crippen LogP contribution >= 0.6 is 0 Å².